The van der Waals surface area contributed by atoms with Crippen LogP contribution in [0.3, 0.4) is 0 Å². The number of carbonyl (C=O) groups excluding carboxylic acids is 1. The van der Waals surface area contributed by atoms with Crippen LogP contribution < -0.4 is 0 Å². The predicted molar refractivity (Wildman–Crippen MR) is 81.7 cm³/mol. The number of hydrogen-bond donors (Lipinski definition) is 0. The highest BCUT2D eigenvalue weighted by Crippen LogP contribution is 2.46. The lowest BCUT2D eigenvalue weighted by Crippen LogP contribution is -2.57. The third-order valence-electron chi connectivity index (χ3n) is 4.11. The van der Waals surface area contributed by atoms with Crippen LogP contribution in [0.25, 0.3) is 0 Å². The first kappa shape index (κ1) is 17.5. The van der Waals surface area contributed by atoms with Crippen LogP contribution in [0.15, 0.2) is 0 Å². The molecular formula is C15H29NO3S. The van der Waals surface area contributed by atoms with Crippen molar-refractivity contribution in [2.24, 2.45) is 22.7 Å². The van der Waals surface area contributed by atoms with Crippen LogP contribution in [0.4, 0.5) is 0 Å². The van der Waals surface area contributed by atoms with E-state index >= 15 is 0 Å². The summed E-state index contributed by atoms with van der Waals surface area (Å²) < 4.78 is 25.9. The molecular weight excluding hydrogens is 274 g/mol. The maximum Gasteiger partial charge on any atom is 0.240 e. The van der Waals surface area contributed by atoms with E-state index in [1.165, 1.54) is 0 Å². The summed E-state index contributed by atoms with van der Waals surface area (Å²) in [7, 11) is -3.48. The monoisotopic (exact) mass is 303 g/mol. The Kier molecular flexibility index (Phi) is 4.65. The fourth-order valence-corrected chi connectivity index (χ4v) is 5.23. The van der Waals surface area contributed by atoms with E-state index < -0.39 is 10.0 Å². The van der Waals surface area contributed by atoms with E-state index in [1.807, 2.05) is 48.5 Å². The van der Waals surface area contributed by atoms with Crippen molar-refractivity contribution in [3.05, 3.63) is 0 Å². The van der Waals surface area contributed by atoms with Gasteiger partial charge < -0.3 is 0 Å². The summed E-state index contributed by atoms with van der Waals surface area (Å²) in [5.74, 6) is -0.541. The summed E-state index contributed by atoms with van der Waals surface area (Å²) in [4.78, 5) is 12.8. The maximum absolute atomic E-state index is 12.8. The Hall–Kier alpha value is -0.580. The van der Waals surface area contributed by atoms with Crippen LogP contribution in [0.2, 0.25) is 0 Å². The molecule has 0 aromatic carbocycles. The summed E-state index contributed by atoms with van der Waals surface area (Å²) in [6.45, 7) is 14.3. The number of rotatable bonds is 2. The molecule has 1 heterocycles. The molecule has 0 aromatic rings. The lowest BCUT2D eigenvalue weighted by atomic mass is 9.64. The van der Waals surface area contributed by atoms with Crippen LogP contribution in [-0.4, -0.2) is 30.9 Å². The van der Waals surface area contributed by atoms with Gasteiger partial charge in [0.15, 0.2) is 0 Å². The predicted octanol–water partition coefficient (Wildman–Crippen LogP) is 2.89. The van der Waals surface area contributed by atoms with E-state index in [2.05, 4.69) is 0 Å². The molecule has 20 heavy (non-hydrogen) atoms. The van der Waals surface area contributed by atoms with E-state index in [1.54, 1.807) is 0 Å². The van der Waals surface area contributed by atoms with Gasteiger partial charge >= 0.3 is 0 Å². The number of sulfonamides is 1. The Labute approximate surface area is 124 Å². The first-order chi connectivity index (χ1) is 8.82. The molecule has 1 aliphatic rings. The maximum atomic E-state index is 12.8. The summed E-state index contributed by atoms with van der Waals surface area (Å²) >= 11 is 0. The molecule has 0 spiro atoms. The highest BCUT2D eigenvalue weighted by molar-refractivity contribution is 7.89. The number of nitrogens with zero attached hydrogens (tertiary/aromatic N) is 1. The van der Waals surface area contributed by atoms with Crippen molar-refractivity contribution < 1.29 is 13.2 Å². The minimum atomic E-state index is -3.48. The van der Waals surface area contributed by atoms with Crippen LogP contribution >= 0.6 is 0 Å². The molecule has 1 aliphatic heterocycles. The van der Waals surface area contributed by atoms with Gasteiger partial charge in [0, 0.05) is 12.5 Å². The largest absolute Gasteiger partial charge is 0.273 e. The average molecular weight is 303 g/mol. The Morgan fingerprint density at radius 3 is 1.95 bits per heavy atom. The molecule has 0 N–H and O–H groups in total. The van der Waals surface area contributed by atoms with Gasteiger partial charge in [-0.25, -0.2) is 12.7 Å². The fourth-order valence-electron chi connectivity index (χ4n) is 3.05. The summed E-state index contributed by atoms with van der Waals surface area (Å²) in [5.41, 5.74) is -0.448. The number of hydrogen-bond acceptors (Lipinski definition) is 3. The van der Waals surface area contributed by atoms with Crippen molar-refractivity contribution in [1.29, 1.82) is 0 Å². The highest BCUT2D eigenvalue weighted by Gasteiger charge is 2.52. The van der Waals surface area contributed by atoms with Crippen molar-refractivity contribution in [3.63, 3.8) is 0 Å². The topological polar surface area (TPSA) is 54.5 Å². The second-order valence-electron chi connectivity index (χ2n) is 8.01. The van der Waals surface area contributed by atoms with Gasteiger partial charge in [-0.05, 0) is 23.2 Å². The molecule has 0 aromatic heterocycles. The minimum absolute atomic E-state index is 0.0736. The molecule has 4 nitrogen and oxygen atoms in total. The first-order valence-corrected chi connectivity index (χ1v) is 8.97. The molecule has 5 heteroatoms. The van der Waals surface area contributed by atoms with Crippen LogP contribution in [0.5, 0.6) is 0 Å². The van der Waals surface area contributed by atoms with Gasteiger partial charge in [0.2, 0.25) is 15.9 Å². The molecule has 2 unspecified atom stereocenters. The Morgan fingerprint density at radius 1 is 1.10 bits per heavy atom. The smallest absolute Gasteiger partial charge is 0.240 e. The second kappa shape index (κ2) is 5.32. The van der Waals surface area contributed by atoms with Crippen molar-refractivity contribution in [3.8, 4) is 0 Å². The van der Waals surface area contributed by atoms with E-state index in [9.17, 15) is 13.2 Å². The second-order valence-corrected chi connectivity index (χ2v) is 9.94. The van der Waals surface area contributed by atoms with E-state index in [0.29, 0.717) is 13.0 Å². The van der Waals surface area contributed by atoms with Crippen LogP contribution in [0.1, 0.15) is 54.9 Å². The van der Waals surface area contributed by atoms with Crippen LogP contribution in [-0.2, 0) is 14.8 Å². The summed E-state index contributed by atoms with van der Waals surface area (Å²) in [6, 6.07) is 0. The zero-order chi connectivity index (χ0) is 15.9. The van der Waals surface area contributed by atoms with Gasteiger partial charge in [-0.15, -0.1) is 0 Å². The third-order valence-corrected chi connectivity index (χ3v) is 5.93. The SMILES string of the molecule is CCCN1C(=O)C(C(C)(C)C)C(C(C)(C)C)CS1(=O)=O. The van der Waals surface area contributed by atoms with Gasteiger partial charge in [-0.1, -0.05) is 48.5 Å². The van der Waals surface area contributed by atoms with E-state index in [0.717, 1.165) is 4.31 Å². The van der Waals surface area contributed by atoms with Crippen molar-refractivity contribution in [2.45, 2.75) is 54.9 Å². The number of carbonyl (C=O) groups is 1. The lowest BCUT2D eigenvalue weighted by Gasteiger charge is -2.48. The zero-order valence-electron chi connectivity index (χ0n) is 13.9. The minimum Gasteiger partial charge on any atom is -0.273 e. The van der Waals surface area contributed by atoms with Gasteiger partial charge in [-0.3, -0.25) is 4.79 Å². The molecule has 0 bridgehead atoms. The first-order valence-electron chi connectivity index (χ1n) is 7.36. The molecule has 1 amide bonds. The summed E-state index contributed by atoms with van der Waals surface area (Å²) in [5, 5.41) is 0. The quantitative estimate of drug-likeness (QED) is 0.788. The molecule has 0 radical (unpaired) electrons. The fraction of sp³-hybridized carbons (Fsp3) is 0.933. The lowest BCUT2D eigenvalue weighted by molar-refractivity contribution is -0.140. The van der Waals surface area contributed by atoms with Crippen LogP contribution in [0, 0.1) is 22.7 Å². The molecule has 118 valence electrons. The van der Waals surface area contributed by atoms with Gasteiger partial charge in [0.05, 0.1) is 5.75 Å². The van der Waals surface area contributed by atoms with Crippen molar-refractivity contribution >= 4 is 15.9 Å². The van der Waals surface area contributed by atoms with Crippen molar-refractivity contribution in [2.75, 3.05) is 12.3 Å². The molecule has 2 atom stereocenters. The standard InChI is InChI=1S/C15H29NO3S/c1-8-9-16-13(17)12(15(5,6)7)11(14(2,3)4)10-20(16,18)19/h11-12H,8-10H2,1-7H3. The highest BCUT2D eigenvalue weighted by atomic mass is 32.2. The van der Waals surface area contributed by atoms with Gasteiger partial charge in [-0.2, -0.15) is 0 Å². The zero-order valence-corrected chi connectivity index (χ0v) is 14.7. The van der Waals surface area contributed by atoms with Gasteiger partial charge in [0.25, 0.3) is 0 Å². The Balaban J connectivity index is 3.34. The molecule has 1 fully saturated rings. The molecule has 1 saturated heterocycles. The Bertz CT molecular complexity index is 468. The number of amides is 1. The van der Waals surface area contributed by atoms with Gasteiger partial charge in [0.1, 0.15) is 0 Å². The normalized spacial score (nSPS) is 27.8. The average Bonchev–Trinajstić information content (AvgIpc) is 2.19. The molecule has 1 rings (SSSR count). The van der Waals surface area contributed by atoms with E-state index in [-0.39, 0.29) is 34.3 Å². The molecule has 0 saturated carbocycles. The van der Waals surface area contributed by atoms with Crippen molar-refractivity contribution in [1.82, 2.24) is 4.31 Å². The Morgan fingerprint density at radius 2 is 1.60 bits per heavy atom. The third kappa shape index (κ3) is 3.35. The summed E-state index contributed by atoms with van der Waals surface area (Å²) in [6.07, 6.45) is 0.655. The molecule has 0 aliphatic carbocycles. The van der Waals surface area contributed by atoms with E-state index in [4.69, 9.17) is 0 Å².